The van der Waals surface area contributed by atoms with E-state index >= 15 is 0 Å². The molecule has 4 aromatic carbocycles. The van der Waals surface area contributed by atoms with Gasteiger partial charge in [0.1, 0.15) is 0 Å². The van der Waals surface area contributed by atoms with E-state index in [1.807, 2.05) is 0 Å². The predicted molar refractivity (Wildman–Crippen MR) is 158 cm³/mol. The van der Waals surface area contributed by atoms with E-state index in [0.29, 0.717) is 0 Å². The van der Waals surface area contributed by atoms with Crippen molar-refractivity contribution in [1.82, 2.24) is 14.1 Å². The highest BCUT2D eigenvalue weighted by molar-refractivity contribution is 6.19. The van der Waals surface area contributed by atoms with Gasteiger partial charge in [-0.15, -0.1) is 0 Å². The minimum Gasteiger partial charge on any atom is -0.313 e. The van der Waals surface area contributed by atoms with Gasteiger partial charge in [0.15, 0.2) is 0 Å². The molecule has 3 heteroatoms. The van der Waals surface area contributed by atoms with Crippen molar-refractivity contribution in [2.45, 2.75) is 25.7 Å². The quantitative estimate of drug-likeness (QED) is 0.231. The molecule has 0 spiro atoms. The molecule has 1 aliphatic rings. The summed E-state index contributed by atoms with van der Waals surface area (Å²) in [4.78, 5) is 5.12. The number of allylic oxidation sites excluding steroid dienone is 5. The van der Waals surface area contributed by atoms with E-state index in [1.54, 1.807) is 0 Å². The summed E-state index contributed by atoms with van der Waals surface area (Å²) >= 11 is 0. The first-order valence-electron chi connectivity index (χ1n) is 12.9. The zero-order chi connectivity index (χ0) is 25.3. The second-order valence-electron chi connectivity index (χ2n) is 10.8. The fourth-order valence-corrected chi connectivity index (χ4v) is 6.01. The summed E-state index contributed by atoms with van der Waals surface area (Å²) in [5.74, 6) is 0.923. The Morgan fingerprint density at radius 1 is 0.838 bits per heavy atom. The van der Waals surface area contributed by atoms with Crippen LogP contribution in [0.4, 0.5) is 0 Å². The van der Waals surface area contributed by atoms with E-state index in [-0.39, 0.29) is 5.41 Å². The molecule has 6 aromatic rings. The molecule has 37 heavy (non-hydrogen) atoms. The molecule has 7 rings (SSSR count). The van der Waals surface area contributed by atoms with Gasteiger partial charge in [-0.2, -0.15) is 0 Å². The highest BCUT2D eigenvalue weighted by Crippen LogP contribution is 2.42. The summed E-state index contributed by atoms with van der Waals surface area (Å²) in [7, 11) is 2.11. The van der Waals surface area contributed by atoms with Crippen molar-refractivity contribution in [3.63, 3.8) is 0 Å². The number of imidazole rings is 1. The van der Waals surface area contributed by atoms with Crippen molar-refractivity contribution >= 4 is 49.2 Å². The lowest BCUT2D eigenvalue weighted by atomic mass is 9.77. The maximum absolute atomic E-state index is 5.12. The second-order valence-corrected chi connectivity index (χ2v) is 10.8. The maximum Gasteiger partial charge on any atom is 0.215 e. The molecular weight excluding hydrogens is 450 g/mol. The number of hydrogen-bond donors (Lipinski definition) is 0. The Kier molecular flexibility index (Phi) is 4.62. The first-order valence-corrected chi connectivity index (χ1v) is 12.9. The van der Waals surface area contributed by atoms with Gasteiger partial charge >= 0.3 is 0 Å². The summed E-state index contributed by atoms with van der Waals surface area (Å²) < 4.78 is 4.55. The van der Waals surface area contributed by atoms with Gasteiger partial charge in [-0.3, -0.25) is 4.57 Å². The van der Waals surface area contributed by atoms with Gasteiger partial charge in [0, 0.05) is 23.2 Å². The van der Waals surface area contributed by atoms with Crippen LogP contribution in [0.1, 0.15) is 31.4 Å². The smallest absolute Gasteiger partial charge is 0.215 e. The molecule has 0 saturated carbocycles. The Morgan fingerprint density at radius 3 is 2.46 bits per heavy atom. The number of aromatic nitrogens is 3. The van der Waals surface area contributed by atoms with Crippen LogP contribution in [-0.4, -0.2) is 14.1 Å². The maximum atomic E-state index is 5.12. The standard InChI is InChI=1S/C34H29N3/c1-22-12-6-5-11-19-34(2,3)28-20-23-17-18-25-24-13-7-9-15-30(24)37(32(25)27(23)21-26(22)28)33-35-29-14-8-10-16-31(29)36(33)4/h5-18,20-21H,1,19H2,2-4H3/b11-5-,12-6-. The lowest BCUT2D eigenvalue weighted by molar-refractivity contribution is 0.534. The number of benzene rings is 4. The van der Waals surface area contributed by atoms with Crippen LogP contribution in [0.3, 0.4) is 0 Å². The van der Waals surface area contributed by atoms with Crippen molar-refractivity contribution < 1.29 is 0 Å². The molecule has 3 nitrogen and oxygen atoms in total. The summed E-state index contributed by atoms with van der Waals surface area (Å²) in [6.07, 6.45) is 9.61. The first-order chi connectivity index (χ1) is 17.9. The zero-order valence-corrected chi connectivity index (χ0v) is 21.5. The predicted octanol–water partition coefficient (Wildman–Crippen LogP) is 8.63. The Bertz CT molecular complexity index is 1960. The van der Waals surface area contributed by atoms with E-state index in [2.05, 4.69) is 134 Å². The van der Waals surface area contributed by atoms with Crippen LogP contribution in [0, 0.1) is 0 Å². The Morgan fingerprint density at radius 2 is 1.62 bits per heavy atom. The average Bonchev–Trinajstić information content (AvgIpc) is 3.43. The highest BCUT2D eigenvalue weighted by Gasteiger charge is 2.26. The molecule has 2 aromatic heterocycles. The lowest BCUT2D eigenvalue weighted by Crippen LogP contribution is -2.18. The number of fused-ring (bicyclic) bond motifs is 7. The molecule has 0 unspecified atom stereocenters. The second kappa shape index (κ2) is 7.81. The topological polar surface area (TPSA) is 22.8 Å². The summed E-state index contributed by atoms with van der Waals surface area (Å²) in [6.45, 7) is 9.13. The van der Waals surface area contributed by atoms with Crippen LogP contribution in [-0.2, 0) is 12.5 Å². The van der Waals surface area contributed by atoms with Crippen molar-refractivity contribution in [3.05, 3.63) is 115 Å². The number of aryl methyl sites for hydroxylation is 1. The average molecular weight is 480 g/mol. The Labute approximate surface area is 216 Å². The summed E-state index contributed by atoms with van der Waals surface area (Å²) in [5.41, 5.74) is 8.06. The molecule has 0 atom stereocenters. The van der Waals surface area contributed by atoms with Gasteiger partial charge in [0.2, 0.25) is 5.95 Å². The van der Waals surface area contributed by atoms with Gasteiger partial charge in [0.05, 0.1) is 22.1 Å². The molecule has 0 radical (unpaired) electrons. The minimum atomic E-state index is -0.00591. The third-order valence-electron chi connectivity index (χ3n) is 8.00. The Balaban J connectivity index is 1.65. The van der Waals surface area contributed by atoms with E-state index in [0.717, 1.165) is 34.5 Å². The molecule has 0 amide bonds. The Hall–Kier alpha value is -4.37. The normalized spacial score (nSPS) is 17.1. The highest BCUT2D eigenvalue weighted by atomic mass is 15.2. The van der Waals surface area contributed by atoms with Gasteiger partial charge in [-0.1, -0.05) is 87.2 Å². The van der Waals surface area contributed by atoms with Crippen LogP contribution >= 0.6 is 0 Å². The van der Waals surface area contributed by atoms with Crippen molar-refractivity contribution in [2.75, 3.05) is 0 Å². The van der Waals surface area contributed by atoms with E-state index < -0.39 is 0 Å². The van der Waals surface area contributed by atoms with Crippen LogP contribution in [0.5, 0.6) is 0 Å². The summed E-state index contributed by atoms with van der Waals surface area (Å²) in [6, 6.07) is 26.3. The number of para-hydroxylation sites is 3. The van der Waals surface area contributed by atoms with Gasteiger partial charge in [-0.05, 0) is 64.3 Å². The fraction of sp³-hybridized carbons (Fsp3) is 0.147. The lowest BCUT2D eigenvalue weighted by Gasteiger charge is -2.27. The SMILES string of the molecule is C=C1/C=C\C=C/CC(C)(C)c2cc3ccc4c5ccccc5n(-c5nc6ccccc6n5C)c4c3cc21. The van der Waals surface area contributed by atoms with Crippen molar-refractivity contribution in [3.8, 4) is 5.95 Å². The molecule has 0 bridgehead atoms. The van der Waals surface area contributed by atoms with Gasteiger partial charge in [0.25, 0.3) is 0 Å². The van der Waals surface area contributed by atoms with E-state index in [9.17, 15) is 0 Å². The first kappa shape index (κ1) is 21.9. The monoisotopic (exact) mass is 479 g/mol. The molecule has 0 N–H and O–H groups in total. The van der Waals surface area contributed by atoms with Crippen LogP contribution in [0.15, 0.2) is 104 Å². The van der Waals surface area contributed by atoms with Crippen molar-refractivity contribution in [2.24, 2.45) is 7.05 Å². The molecule has 0 saturated heterocycles. The van der Waals surface area contributed by atoms with Gasteiger partial charge < -0.3 is 4.57 Å². The number of rotatable bonds is 1. The molecular formula is C34H29N3. The zero-order valence-electron chi connectivity index (χ0n) is 21.5. The fourth-order valence-electron chi connectivity index (χ4n) is 6.01. The van der Waals surface area contributed by atoms with E-state index in [4.69, 9.17) is 4.98 Å². The molecule has 180 valence electrons. The minimum absolute atomic E-state index is 0.00591. The van der Waals surface area contributed by atoms with E-state index in [1.165, 1.54) is 38.2 Å². The van der Waals surface area contributed by atoms with Crippen LogP contribution < -0.4 is 0 Å². The van der Waals surface area contributed by atoms with Crippen LogP contribution in [0.2, 0.25) is 0 Å². The molecule has 1 aliphatic carbocycles. The summed E-state index contributed by atoms with van der Waals surface area (Å²) in [5, 5.41) is 4.93. The number of hydrogen-bond acceptors (Lipinski definition) is 1. The number of nitrogens with zero attached hydrogens (tertiary/aromatic N) is 3. The molecule has 2 heterocycles. The molecule has 0 aliphatic heterocycles. The third-order valence-corrected chi connectivity index (χ3v) is 8.00. The largest absolute Gasteiger partial charge is 0.313 e. The van der Waals surface area contributed by atoms with Gasteiger partial charge in [-0.25, -0.2) is 4.98 Å². The molecule has 0 fully saturated rings. The van der Waals surface area contributed by atoms with Crippen LogP contribution in [0.25, 0.3) is 55.1 Å². The van der Waals surface area contributed by atoms with Crippen molar-refractivity contribution in [1.29, 1.82) is 0 Å². The third kappa shape index (κ3) is 3.17.